The standard InChI is InChI=1S/C35H22NOPS2/c37-38(25-9-3-1-4-10-25,26-11-5-2-6-12-26)29-13-7-14-32-34(29)27-21-23(16-18-30(27)39-32)24-17-19-31-28(22-24)35-33(40-31)15-8-20-36-35/h1-22H. The minimum atomic E-state index is -3.13. The largest absolute Gasteiger partial charge is 0.309 e. The molecule has 3 heterocycles. The summed E-state index contributed by atoms with van der Waals surface area (Å²) in [6.45, 7) is 0. The van der Waals surface area contributed by atoms with Gasteiger partial charge in [-0.1, -0.05) is 84.9 Å². The topological polar surface area (TPSA) is 30.0 Å². The first kappa shape index (κ1) is 23.8. The van der Waals surface area contributed by atoms with Crippen LogP contribution in [0.4, 0.5) is 0 Å². The molecule has 0 aliphatic heterocycles. The van der Waals surface area contributed by atoms with Gasteiger partial charge in [0, 0.05) is 52.4 Å². The SMILES string of the molecule is O=P(c1ccccc1)(c1ccccc1)c1cccc2sc3ccc(-c4ccc5sc6cccnc6c5c4)cc3c12. The lowest BCUT2D eigenvalue weighted by Crippen LogP contribution is -2.25. The van der Waals surface area contributed by atoms with Crippen molar-refractivity contribution in [2.45, 2.75) is 0 Å². The first-order chi connectivity index (χ1) is 19.7. The summed E-state index contributed by atoms with van der Waals surface area (Å²) in [6.07, 6.45) is 1.87. The van der Waals surface area contributed by atoms with Gasteiger partial charge < -0.3 is 4.57 Å². The highest BCUT2D eigenvalue weighted by Gasteiger charge is 2.32. The van der Waals surface area contributed by atoms with E-state index in [4.69, 9.17) is 0 Å². The summed E-state index contributed by atoms with van der Waals surface area (Å²) < 4.78 is 20.2. The lowest BCUT2D eigenvalue weighted by molar-refractivity contribution is 0.592. The molecular formula is C35H22NOPS2. The Morgan fingerprint density at radius 2 is 1.12 bits per heavy atom. The van der Waals surface area contributed by atoms with Gasteiger partial charge in [0.1, 0.15) is 0 Å². The van der Waals surface area contributed by atoms with Gasteiger partial charge in [-0.25, -0.2) is 0 Å². The average molecular weight is 568 g/mol. The molecule has 0 spiro atoms. The zero-order chi connectivity index (χ0) is 26.7. The van der Waals surface area contributed by atoms with Gasteiger partial charge in [0.05, 0.1) is 10.2 Å². The minimum Gasteiger partial charge on any atom is -0.309 e. The molecule has 0 N–H and O–H groups in total. The predicted molar refractivity (Wildman–Crippen MR) is 175 cm³/mol. The predicted octanol–water partition coefficient (Wildman–Crippen LogP) is 9.12. The molecule has 3 aromatic heterocycles. The summed E-state index contributed by atoms with van der Waals surface area (Å²) in [7, 11) is -3.13. The van der Waals surface area contributed by atoms with E-state index in [9.17, 15) is 0 Å². The van der Waals surface area contributed by atoms with Crippen LogP contribution in [0.5, 0.6) is 0 Å². The van der Waals surface area contributed by atoms with Crippen LogP contribution in [0.25, 0.3) is 51.6 Å². The Morgan fingerprint density at radius 1 is 0.525 bits per heavy atom. The van der Waals surface area contributed by atoms with Crippen molar-refractivity contribution in [3.8, 4) is 11.1 Å². The number of aromatic nitrogens is 1. The molecule has 0 fully saturated rings. The molecule has 0 saturated heterocycles. The minimum absolute atomic E-state index is 0.853. The Morgan fingerprint density at radius 3 is 1.82 bits per heavy atom. The van der Waals surface area contributed by atoms with Gasteiger partial charge in [-0.3, -0.25) is 4.98 Å². The maximum Gasteiger partial charge on any atom is 0.171 e. The van der Waals surface area contributed by atoms with Crippen LogP contribution in [0, 0.1) is 0 Å². The fourth-order valence-electron chi connectivity index (χ4n) is 5.73. The van der Waals surface area contributed by atoms with Gasteiger partial charge in [0.25, 0.3) is 0 Å². The number of nitrogens with zero attached hydrogens (tertiary/aromatic N) is 1. The van der Waals surface area contributed by atoms with Gasteiger partial charge in [-0.2, -0.15) is 0 Å². The molecule has 40 heavy (non-hydrogen) atoms. The maximum atomic E-state index is 15.4. The highest BCUT2D eigenvalue weighted by atomic mass is 32.1. The fourth-order valence-corrected chi connectivity index (χ4v) is 10.9. The second kappa shape index (κ2) is 9.25. The highest BCUT2D eigenvalue weighted by molar-refractivity contribution is 7.85. The first-order valence-corrected chi connectivity index (χ1v) is 16.5. The van der Waals surface area contributed by atoms with Crippen molar-refractivity contribution in [2.75, 3.05) is 0 Å². The van der Waals surface area contributed by atoms with Gasteiger partial charge in [0.15, 0.2) is 7.14 Å². The smallest absolute Gasteiger partial charge is 0.171 e. The van der Waals surface area contributed by atoms with Crippen LogP contribution >= 0.6 is 29.8 Å². The average Bonchev–Trinajstić information content (AvgIpc) is 3.59. The summed E-state index contributed by atoms with van der Waals surface area (Å²) in [5.41, 5.74) is 3.36. The Labute approximate surface area is 239 Å². The van der Waals surface area contributed by atoms with Crippen molar-refractivity contribution in [3.05, 3.63) is 134 Å². The van der Waals surface area contributed by atoms with Crippen molar-refractivity contribution in [3.63, 3.8) is 0 Å². The molecule has 2 nitrogen and oxygen atoms in total. The number of thiophene rings is 2. The van der Waals surface area contributed by atoms with E-state index < -0.39 is 7.14 Å². The highest BCUT2D eigenvalue weighted by Crippen LogP contribution is 2.47. The molecule has 0 bridgehead atoms. The summed E-state index contributed by atoms with van der Waals surface area (Å²) in [6, 6.07) is 43.6. The van der Waals surface area contributed by atoms with Crippen molar-refractivity contribution >= 4 is 86.2 Å². The van der Waals surface area contributed by atoms with Crippen LogP contribution in [0.3, 0.4) is 0 Å². The molecule has 0 amide bonds. The van der Waals surface area contributed by atoms with E-state index in [2.05, 4.69) is 65.6 Å². The lowest BCUT2D eigenvalue weighted by atomic mass is 10.0. The molecule has 0 saturated carbocycles. The van der Waals surface area contributed by atoms with E-state index in [1.807, 2.05) is 72.9 Å². The van der Waals surface area contributed by atoms with E-state index in [0.717, 1.165) is 48.0 Å². The summed E-state index contributed by atoms with van der Waals surface area (Å²) in [5.74, 6) is 0. The normalized spacial score (nSPS) is 12.1. The quantitative estimate of drug-likeness (QED) is 0.199. The van der Waals surface area contributed by atoms with Crippen LogP contribution in [0.1, 0.15) is 0 Å². The Bertz CT molecular complexity index is 2210. The Kier molecular flexibility index (Phi) is 5.50. The number of fused-ring (bicyclic) bond motifs is 6. The van der Waals surface area contributed by atoms with Crippen molar-refractivity contribution in [1.82, 2.24) is 4.98 Å². The molecule has 8 rings (SSSR count). The second-order valence-corrected chi connectivity index (χ2v) is 14.8. The number of benzene rings is 5. The van der Waals surface area contributed by atoms with Gasteiger partial charge in [-0.05, 0) is 53.6 Å². The number of rotatable bonds is 4. The van der Waals surface area contributed by atoms with Gasteiger partial charge in [-0.15, -0.1) is 22.7 Å². The molecule has 0 radical (unpaired) electrons. The molecule has 5 heteroatoms. The van der Waals surface area contributed by atoms with Crippen molar-refractivity contribution in [1.29, 1.82) is 0 Å². The molecule has 0 atom stereocenters. The maximum absolute atomic E-state index is 15.4. The molecule has 0 unspecified atom stereocenters. The third kappa shape index (κ3) is 3.61. The van der Waals surface area contributed by atoms with Crippen LogP contribution in [0.2, 0.25) is 0 Å². The lowest BCUT2D eigenvalue weighted by Gasteiger charge is -2.21. The molecule has 190 valence electrons. The van der Waals surface area contributed by atoms with Crippen LogP contribution < -0.4 is 15.9 Å². The molecular weight excluding hydrogens is 545 g/mol. The zero-order valence-corrected chi connectivity index (χ0v) is 23.8. The molecule has 5 aromatic carbocycles. The van der Waals surface area contributed by atoms with E-state index in [1.165, 1.54) is 19.5 Å². The van der Waals surface area contributed by atoms with E-state index >= 15 is 4.57 Å². The van der Waals surface area contributed by atoms with E-state index in [-0.39, 0.29) is 0 Å². The summed E-state index contributed by atoms with van der Waals surface area (Å²) in [5, 5.41) is 6.02. The van der Waals surface area contributed by atoms with Crippen LogP contribution in [-0.4, -0.2) is 4.98 Å². The Hall–Kier alpha value is -4.08. The van der Waals surface area contributed by atoms with Gasteiger partial charge >= 0.3 is 0 Å². The molecule has 0 aliphatic rings. The van der Waals surface area contributed by atoms with Crippen LogP contribution in [0.15, 0.2) is 134 Å². The molecule has 8 aromatic rings. The van der Waals surface area contributed by atoms with Crippen molar-refractivity contribution < 1.29 is 4.57 Å². The third-order valence-electron chi connectivity index (χ3n) is 7.61. The second-order valence-electron chi connectivity index (χ2n) is 9.91. The Balaban J connectivity index is 1.39. The summed E-state index contributed by atoms with van der Waals surface area (Å²) in [4.78, 5) is 4.66. The van der Waals surface area contributed by atoms with E-state index in [1.54, 1.807) is 22.7 Å². The third-order valence-corrected chi connectivity index (χ3v) is 13.0. The zero-order valence-electron chi connectivity index (χ0n) is 21.3. The fraction of sp³-hybridized carbons (Fsp3) is 0. The van der Waals surface area contributed by atoms with Gasteiger partial charge in [0.2, 0.25) is 0 Å². The van der Waals surface area contributed by atoms with Crippen molar-refractivity contribution in [2.24, 2.45) is 0 Å². The number of hydrogen-bond donors (Lipinski definition) is 0. The van der Waals surface area contributed by atoms with E-state index in [0.29, 0.717) is 0 Å². The van der Waals surface area contributed by atoms with Crippen LogP contribution in [-0.2, 0) is 4.57 Å². The number of pyridine rings is 1. The monoisotopic (exact) mass is 567 g/mol. The summed E-state index contributed by atoms with van der Waals surface area (Å²) >= 11 is 3.54. The number of hydrogen-bond acceptors (Lipinski definition) is 4. The first-order valence-electron chi connectivity index (χ1n) is 13.1. The molecule has 0 aliphatic carbocycles.